The third-order valence-corrected chi connectivity index (χ3v) is 4.94. The van der Waals surface area contributed by atoms with E-state index >= 15 is 0 Å². The minimum Gasteiger partial charge on any atom is -0.490 e. The molecule has 9 heteroatoms. The van der Waals surface area contributed by atoms with Crippen LogP contribution in [0.4, 0.5) is 0 Å². The van der Waals surface area contributed by atoms with Crippen molar-refractivity contribution in [1.82, 2.24) is 5.43 Å². The van der Waals surface area contributed by atoms with E-state index in [0.29, 0.717) is 39.3 Å². The first-order valence-corrected chi connectivity index (χ1v) is 11.1. The van der Waals surface area contributed by atoms with Gasteiger partial charge in [-0.05, 0) is 86.1 Å². The van der Waals surface area contributed by atoms with Crippen molar-refractivity contribution in [3.8, 4) is 17.2 Å². The van der Waals surface area contributed by atoms with E-state index in [1.54, 1.807) is 73.7 Å². The summed E-state index contributed by atoms with van der Waals surface area (Å²) in [4.78, 5) is 24.7. The van der Waals surface area contributed by atoms with Gasteiger partial charge in [0.2, 0.25) is 0 Å². The zero-order valence-electron chi connectivity index (χ0n) is 18.5. The van der Waals surface area contributed by atoms with Crippen LogP contribution in [0.25, 0.3) is 0 Å². The molecule has 0 aliphatic heterocycles. The summed E-state index contributed by atoms with van der Waals surface area (Å²) in [6, 6.07) is 18.0. The zero-order valence-corrected chi connectivity index (χ0v) is 20.0. The fourth-order valence-electron chi connectivity index (χ4n) is 2.73. The van der Waals surface area contributed by atoms with Gasteiger partial charge in [-0.1, -0.05) is 23.2 Å². The van der Waals surface area contributed by atoms with Crippen molar-refractivity contribution < 1.29 is 23.8 Å². The largest absolute Gasteiger partial charge is 0.490 e. The maximum Gasteiger partial charge on any atom is 0.343 e. The standard InChI is InChI=1S/C25H22Cl2N2O5/c1-3-32-23-14-17(4-13-22(23)34-25(31)18-5-7-19(26)8-6-18)15-28-29-24(30)16(2)33-21-11-9-20(27)10-12-21/h4-16H,3H2,1-2H3,(H,29,30)/b28-15-/t16-/m0/s1. The Hall–Kier alpha value is -3.55. The van der Waals surface area contributed by atoms with Gasteiger partial charge in [-0.15, -0.1) is 0 Å². The van der Waals surface area contributed by atoms with Gasteiger partial charge < -0.3 is 14.2 Å². The highest BCUT2D eigenvalue weighted by molar-refractivity contribution is 6.30. The van der Waals surface area contributed by atoms with Crippen molar-refractivity contribution in [2.24, 2.45) is 5.10 Å². The minimum absolute atomic E-state index is 0.257. The normalized spacial score (nSPS) is 11.6. The maximum atomic E-state index is 12.4. The molecule has 0 saturated heterocycles. The molecule has 0 aromatic heterocycles. The lowest BCUT2D eigenvalue weighted by Crippen LogP contribution is -2.33. The molecule has 34 heavy (non-hydrogen) atoms. The fourth-order valence-corrected chi connectivity index (χ4v) is 2.99. The Balaban J connectivity index is 1.62. The average molecular weight is 501 g/mol. The molecule has 3 aromatic carbocycles. The van der Waals surface area contributed by atoms with Crippen LogP contribution in [0.1, 0.15) is 29.8 Å². The van der Waals surface area contributed by atoms with Crippen LogP contribution in [0.2, 0.25) is 10.0 Å². The lowest BCUT2D eigenvalue weighted by molar-refractivity contribution is -0.127. The van der Waals surface area contributed by atoms with Crippen LogP contribution < -0.4 is 19.6 Å². The number of amides is 1. The van der Waals surface area contributed by atoms with E-state index in [2.05, 4.69) is 10.5 Å². The summed E-state index contributed by atoms with van der Waals surface area (Å²) in [5, 5.41) is 5.06. The number of esters is 1. The highest BCUT2D eigenvalue weighted by Crippen LogP contribution is 2.29. The second-order valence-corrected chi connectivity index (χ2v) is 7.86. The van der Waals surface area contributed by atoms with E-state index in [0.717, 1.165) is 0 Å². The fraction of sp³-hybridized carbons (Fsp3) is 0.160. The summed E-state index contributed by atoms with van der Waals surface area (Å²) >= 11 is 11.7. The number of carbonyl (C=O) groups is 2. The Morgan fingerprint density at radius 1 is 0.971 bits per heavy atom. The van der Waals surface area contributed by atoms with Gasteiger partial charge in [-0.25, -0.2) is 10.2 Å². The second kappa shape index (κ2) is 12.1. The average Bonchev–Trinajstić information content (AvgIpc) is 2.82. The van der Waals surface area contributed by atoms with Crippen molar-refractivity contribution in [3.63, 3.8) is 0 Å². The Kier molecular flexibility index (Phi) is 8.90. The number of ether oxygens (including phenoxy) is 3. The van der Waals surface area contributed by atoms with Crippen molar-refractivity contribution >= 4 is 41.3 Å². The van der Waals surface area contributed by atoms with Gasteiger partial charge in [0.05, 0.1) is 18.4 Å². The molecule has 1 N–H and O–H groups in total. The molecule has 0 spiro atoms. The third-order valence-electron chi connectivity index (χ3n) is 4.43. The van der Waals surface area contributed by atoms with Gasteiger partial charge in [0.15, 0.2) is 17.6 Å². The van der Waals surface area contributed by atoms with Crippen molar-refractivity contribution in [3.05, 3.63) is 87.9 Å². The molecule has 1 amide bonds. The molecule has 7 nitrogen and oxygen atoms in total. The van der Waals surface area contributed by atoms with Crippen LogP contribution in [0.15, 0.2) is 71.8 Å². The Morgan fingerprint density at radius 3 is 2.26 bits per heavy atom. The number of halogens is 2. The molecular formula is C25H22Cl2N2O5. The Labute approximate surface area is 207 Å². The Morgan fingerprint density at radius 2 is 1.62 bits per heavy atom. The number of rotatable bonds is 9. The van der Waals surface area contributed by atoms with Gasteiger partial charge in [-0.3, -0.25) is 4.79 Å². The summed E-state index contributed by atoms with van der Waals surface area (Å²) in [5.74, 6) is 0.166. The van der Waals surface area contributed by atoms with E-state index < -0.39 is 18.0 Å². The smallest absolute Gasteiger partial charge is 0.343 e. The summed E-state index contributed by atoms with van der Waals surface area (Å²) in [7, 11) is 0. The number of carbonyl (C=O) groups excluding carboxylic acids is 2. The molecule has 3 aromatic rings. The van der Waals surface area contributed by atoms with E-state index in [4.69, 9.17) is 37.4 Å². The number of benzene rings is 3. The minimum atomic E-state index is -0.771. The predicted octanol–water partition coefficient (Wildman–Crippen LogP) is 5.53. The Bertz CT molecular complexity index is 1160. The van der Waals surface area contributed by atoms with Crippen molar-refractivity contribution in [2.45, 2.75) is 20.0 Å². The summed E-state index contributed by atoms with van der Waals surface area (Å²) in [5.41, 5.74) is 3.41. The van der Waals surface area contributed by atoms with Crippen molar-refractivity contribution in [2.75, 3.05) is 6.61 Å². The molecule has 0 unspecified atom stereocenters. The van der Waals surface area contributed by atoms with Crippen LogP contribution in [-0.2, 0) is 4.79 Å². The molecule has 0 bridgehead atoms. The maximum absolute atomic E-state index is 12.4. The van der Waals surface area contributed by atoms with Gasteiger partial charge in [0.1, 0.15) is 5.75 Å². The van der Waals surface area contributed by atoms with E-state index in [1.165, 1.54) is 6.21 Å². The number of hydrogen-bond donors (Lipinski definition) is 1. The molecule has 0 aliphatic rings. The van der Waals surface area contributed by atoms with Gasteiger partial charge in [-0.2, -0.15) is 5.10 Å². The molecular weight excluding hydrogens is 479 g/mol. The molecule has 0 heterocycles. The van der Waals surface area contributed by atoms with Gasteiger partial charge in [0.25, 0.3) is 5.91 Å². The molecule has 0 radical (unpaired) electrons. The van der Waals surface area contributed by atoms with Crippen LogP contribution >= 0.6 is 23.2 Å². The lowest BCUT2D eigenvalue weighted by atomic mass is 10.2. The van der Waals surface area contributed by atoms with Gasteiger partial charge >= 0.3 is 5.97 Å². The SMILES string of the molecule is CCOc1cc(/C=N\NC(=O)[C@H](C)Oc2ccc(Cl)cc2)ccc1OC(=O)c1ccc(Cl)cc1. The van der Waals surface area contributed by atoms with E-state index in [9.17, 15) is 9.59 Å². The molecule has 3 rings (SSSR count). The third kappa shape index (κ3) is 7.23. The van der Waals surface area contributed by atoms with E-state index in [1.807, 2.05) is 6.92 Å². The second-order valence-electron chi connectivity index (χ2n) is 6.98. The highest BCUT2D eigenvalue weighted by atomic mass is 35.5. The van der Waals surface area contributed by atoms with Gasteiger partial charge in [0, 0.05) is 10.0 Å². The zero-order chi connectivity index (χ0) is 24.5. The first-order chi connectivity index (χ1) is 16.4. The summed E-state index contributed by atoms with van der Waals surface area (Å²) < 4.78 is 16.6. The number of hydrogen-bond acceptors (Lipinski definition) is 6. The predicted molar refractivity (Wildman–Crippen MR) is 131 cm³/mol. The summed E-state index contributed by atoms with van der Waals surface area (Å²) in [6.45, 7) is 3.78. The number of nitrogens with zero attached hydrogens (tertiary/aromatic N) is 1. The topological polar surface area (TPSA) is 86.2 Å². The molecule has 0 saturated carbocycles. The lowest BCUT2D eigenvalue weighted by Gasteiger charge is -2.13. The highest BCUT2D eigenvalue weighted by Gasteiger charge is 2.15. The van der Waals surface area contributed by atoms with Crippen LogP contribution in [-0.4, -0.2) is 30.8 Å². The number of hydrazone groups is 1. The summed E-state index contributed by atoms with van der Waals surface area (Å²) in [6.07, 6.45) is 0.673. The molecule has 1 atom stereocenters. The number of nitrogens with one attached hydrogen (secondary N) is 1. The van der Waals surface area contributed by atoms with Crippen LogP contribution in [0.5, 0.6) is 17.2 Å². The van der Waals surface area contributed by atoms with Crippen LogP contribution in [0.3, 0.4) is 0 Å². The van der Waals surface area contributed by atoms with Crippen molar-refractivity contribution in [1.29, 1.82) is 0 Å². The molecule has 176 valence electrons. The first kappa shape index (κ1) is 25.1. The first-order valence-electron chi connectivity index (χ1n) is 10.4. The van der Waals surface area contributed by atoms with E-state index in [-0.39, 0.29) is 5.75 Å². The molecule has 0 aliphatic carbocycles. The molecule has 0 fully saturated rings. The monoisotopic (exact) mass is 500 g/mol. The quantitative estimate of drug-likeness (QED) is 0.180. The van der Waals surface area contributed by atoms with Crippen LogP contribution in [0, 0.1) is 0 Å².